The van der Waals surface area contributed by atoms with Gasteiger partial charge in [-0.05, 0) is 19.3 Å². The monoisotopic (exact) mass is 444 g/mol. The van der Waals surface area contributed by atoms with Crippen molar-refractivity contribution in [3.05, 3.63) is 0 Å². The molecule has 0 bridgehead atoms. The summed E-state index contributed by atoms with van der Waals surface area (Å²) in [6, 6.07) is -5.19. The third-order valence-electron chi connectivity index (χ3n) is 4.69. The molecule has 174 valence electrons. The molecule has 14 heteroatoms. The second kappa shape index (κ2) is 11.8. The maximum absolute atomic E-state index is 12.7. The van der Waals surface area contributed by atoms with Crippen LogP contribution < -0.4 is 27.8 Å². The number of aliphatic hydroxyl groups is 1. The molecule has 31 heavy (non-hydrogen) atoms. The molecule has 1 aliphatic rings. The number of hydrogen-bond acceptors (Lipinski definition) is 8. The number of primary amides is 2. The topological polar surface area (TPSA) is 248 Å². The highest BCUT2D eigenvalue weighted by Gasteiger charge is 2.38. The van der Waals surface area contributed by atoms with Crippen molar-refractivity contribution in [1.82, 2.24) is 15.5 Å². The number of aliphatic carboxylic acids is 1. The van der Waals surface area contributed by atoms with Crippen LogP contribution in [0.25, 0.3) is 0 Å². The smallest absolute Gasteiger partial charge is 0.328 e. The maximum Gasteiger partial charge on any atom is 0.328 e. The third kappa shape index (κ3) is 7.82. The summed E-state index contributed by atoms with van der Waals surface area (Å²) >= 11 is 0. The summed E-state index contributed by atoms with van der Waals surface area (Å²) in [5.41, 5.74) is 15.9. The molecule has 1 fully saturated rings. The van der Waals surface area contributed by atoms with Crippen molar-refractivity contribution in [2.45, 2.75) is 56.3 Å². The summed E-state index contributed by atoms with van der Waals surface area (Å²) in [4.78, 5) is 72.0. The van der Waals surface area contributed by atoms with Crippen molar-refractivity contribution in [1.29, 1.82) is 0 Å². The molecule has 0 saturated carbocycles. The molecule has 0 aromatic rings. The average Bonchev–Trinajstić information content (AvgIpc) is 3.18. The van der Waals surface area contributed by atoms with E-state index in [4.69, 9.17) is 27.4 Å². The quantitative estimate of drug-likeness (QED) is 0.153. The van der Waals surface area contributed by atoms with E-state index in [1.165, 1.54) is 4.90 Å². The molecule has 0 aliphatic carbocycles. The van der Waals surface area contributed by atoms with E-state index in [1.54, 1.807) is 0 Å². The zero-order valence-corrected chi connectivity index (χ0v) is 16.8. The van der Waals surface area contributed by atoms with Crippen molar-refractivity contribution in [3.63, 3.8) is 0 Å². The minimum Gasteiger partial charge on any atom is -0.480 e. The van der Waals surface area contributed by atoms with Gasteiger partial charge in [-0.3, -0.25) is 24.0 Å². The number of likely N-dealkylation sites (tertiary alicyclic amines) is 1. The number of carbonyl (C=O) groups excluding carboxylic acids is 5. The van der Waals surface area contributed by atoms with E-state index >= 15 is 0 Å². The van der Waals surface area contributed by atoms with Gasteiger partial charge in [-0.1, -0.05) is 0 Å². The van der Waals surface area contributed by atoms with Crippen LogP contribution in [-0.4, -0.2) is 87.9 Å². The summed E-state index contributed by atoms with van der Waals surface area (Å²) in [7, 11) is 0. The van der Waals surface area contributed by atoms with Gasteiger partial charge in [0.2, 0.25) is 29.5 Å². The first-order valence-electron chi connectivity index (χ1n) is 9.55. The van der Waals surface area contributed by atoms with Crippen LogP contribution in [0.1, 0.15) is 32.1 Å². The van der Waals surface area contributed by atoms with Crippen LogP contribution in [0, 0.1) is 0 Å². The summed E-state index contributed by atoms with van der Waals surface area (Å²) < 4.78 is 0. The Hall–Kier alpha value is -3.26. The molecule has 1 aliphatic heterocycles. The molecular weight excluding hydrogens is 416 g/mol. The number of rotatable bonds is 12. The molecular formula is C17H28N6O8. The van der Waals surface area contributed by atoms with Crippen molar-refractivity contribution >= 4 is 35.5 Å². The first-order chi connectivity index (χ1) is 14.5. The van der Waals surface area contributed by atoms with E-state index in [0.29, 0.717) is 6.42 Å². The zero-order valence-electron chi connectivity index (χ0n) is 16.8. The van der Waals surface area contributed by atoms with Crippen LogP contribution in [0.2, 0.25) is 0 Å². The van der Waals surface area contributed by atoms with Gasteiger partial charge in [0.1, 0.15) is 18.1 Å². The average molecular weight is 444 g/mol. The highest BCUT2D eigenvalue weighted by atomic mass is 16.4. The Morgan fingerprint density at radius 2 is 1.68 bits per heavy atom. The second-order valence-corrected chi connectivity index (χ2v) is 7.11. The number of nitrogens with two attached hydrogens (primary N) is 3. The molecule has 4 atom stereocenters. The van der Waals surface area contributed by atoms with Crippen molar-refractivity contribution < 1.29 is 39.0 Å². The van der Waals surface area contributed by atoms with Crippen molar-refractivity contribution in [2.75, 3.05) is 13.2 Å². The molecule has 5 amide bonds. The molecule has 1 rings (SSSR count). The minimum absolute atomic E-state index is 0.00342. The summed E-state index contributed by atoms with van der Waals surface area (Å²) in [6.45, 7) is -0.689. The van der Waals surface area contributed by atoms with E-state index in [2.05, 4.69) is 5.32 Å². The number of carboxylic acid groups (broad SMARTS) is 1. The van der Waals surface area contributed by atoms with Crippen LogP contribution in [0.5, 0.6) is 0 Å². The Morgan fingerprint density at radius 3 is 2.19 bits per heavy atom. The standard InChI is InChI=1S/C17H28N6O8/c18-8(3-4-12(19)25)16(29)23-5-1-2-11(23)15(28)21-9(6-13(20)26)14(27)22-10(7-24)17(30)31/h8-11,24H,1-7,18H2,(H2,19,25)(H2,20,26)(H,21,28)(H,22,27)(H,30,31). The Kier molecular flexibility index (Phi) is 9.82. The summed E-state index contributed by atoms with van der Waals surface area (Å²) in [5, 5.41) is 22.2. The number of carbonyl (C=O) groups is 6. The van der Waals surface area contributed by atoms with Crippen LogP contribution in [-0.2, 0) is 28.8 Å². The van der Waals surface area contributed by atoms with E-state index in [-0.39, 0.29) is 25.8 Å². The lowest BCUT2D eigenvalue weighted by Gasteiger charge is -2.28. The number of amides is 5. The fourth-order valence-electron chi connectivity index (χ4n) is 3.07. The van der Waals surface area contributed by atoms with Crippen molar-refractivity contribution in [2.24, 2.45) is 17.2 Å². The molecule has 10 N–H and O–H groups in total. The van der Waals surface area contributed by atoms with E-state index in [0.717, 1.165) is 0 Å². The number of nitrogens with one attached hydrogen (secondary N) is 2. The highest BCUT2D eigenvalue weighted by Crippen LogP contribution is 2.19. The number of aliphatic hydroxyl groups excluding tert-OH is 1. The molecule has 1 heterocycles. The van der Waals surface area contributed by atoms with Crippen molar-refractivity contribution in [3.8, 4) is 0 Å². The molecule has 0 radical (unpaired) electrons. The van der Waals surface area contributed by atoms with Gasteiger partial charge >= 0.3 is 5.97 Å². The fraction of sp³-hybridized carbons (Fsp3) is 0.647. The molecule has 4 unspecified atom stereocenters. The van der Waals surface area contributed by atoms with Gasteiger partial charge < -0.3 is 42.9 Å². The lowest BCUT2D eigenvalue weighted by Crippen LogP contribution is -2.57. The van der Waals surface area contributed by atoms with Gasteiger partial charge in [0, 0.05) is 13.0 Å². The van der Waals surface area contributed by atoms with E-state index in [9.17, 15) is 28.8 Å². The lowest BCUT2D eigenvalue weighted by atomic mass is 10.1. The second-order valence-electron chi connectivity index (χ2n) is 7.11. The Balaban J connectivity index is 2.87. The first kappa shape index (κ1) is 25.8. The predicted octanol–water partition coefficient (Wildman–Crippen LogP) is -4.51. The van der Waals surface area contributed by atoms with Crippen LogP contribution >= 0.6 is 0 Å². The summed E-state index contributed by atoms with van der Waals surface area (Å²) in [6.07, 6.45) is 0.00964. The van der Waals surface area contributed by atoms with Crippen LogP contribution in [0.4, 0.5) is 0 Å². The first-order valence-corrected chi connectivity index (χ1v) is 9.55. The predicted molar refractivity (Wildman–Crippen MR) is 104 cm³/mol. The normalized spacial score (nSPS) is 18.5. The fourth-order valence-corrected chi connectivity index (χ4v) is 3.07. The summed E-state index contributed by atoms with van der Waals surface area (Å²) in [5.74, 6) is -5.45. The molecule has 0 aromatic carbocycles. The van der Waals surface area contributed by atoms with E-state index in [1.807, 2.05) is 5.32 Å². The molecule has 14 nitrogen and oxygen atoms in total. The maximum atomic E-state index is 12.7. The zero-order chi connectivity index (χ0) is 23.7. The van der Waals surface area contributed by atoms with Gasteiger partial charge in [-0.2, -0.15) is 0 Å². The molecule has 0 aromatic heterocycles. The number of carboxylic acids is 1. The van der Waals surface area contributed by atoms with E-state index < -0.39 is 72.7 Å². The Labute approximate surface area is 177 Å². The molecule has 1 saturated heterocycles. The van der Waals surface area contributed by atoms with Gasteiger partial charge in [0.25, 0.3) is 0 Å². The van der Waals surface area contributed by atoms with Gasteiger partial charge in [0.15, 0.2) is 0 Å². The highest BCUT2D eigenvalue weighted by molar-refractivity contribution is 5.96. The van der Waals surface area contributed by atoms with Crippen LogP contribution in [0.3, 0.4) is 0 Å². The SMILES string of the molecule is NC(=O)CCC(N)C(=O)N1CCCC1C(=O)NC(CC(N)=O)C(=O)NC(CO)C(=O)O. The number of nitrogens with zero attached hydrogens (tertiary/aromatic N) is 1. The largest absolute Gasteiger partial charge is 0.480 e. The minimum atomic E-state index is -1.65. The lowest BCUT2D eigenvalue weighted by molar-refractivity contribution is -0.144. The van der Waals surface area contributed by atoms with Crippen LogP contribution in [0.15, 0.2) is 0 Å². The Bertz CT molecular complexity index is 729. The van der Waals surface area contributed by atoms with Gasteiger partial charge in [-0.15, -0.1) is 0 Å². The molecule has 0 spiro atoms. The Morgan fingerprint density at radius 1 is 1.03 bits per heavy atom. The number of hydrogen-bond donors (Lipinski definition) is 7. The third-order valence-corrected chi connectivity index (χ3v) is 4.69. The van der Waals surface area contributed by atoms with Gasteiger partial charge in [0.05, 0.1) is 19.1 Å². The van der Waals surface area contributed by atoms with Gasteiger partial charge in [-0.25, -0.2) is 4.79 Å².